The van der Waals surface area contributed by atoms with Gasteiger partial charge >= 0.3 is 0 Å². The number of halogens is 2. The summed E-state index contributed by atoms with van der Waals surface area (Å²) in [6.07, 6.45) is 0.457. The number of hydrogen-bond donors (Lipinski definition) is 1. The number of nitrogen functional groups attached to an aromatic ring is 1. The molecule has 2 N–H and O–H groups in total. The Morgan fingerprint density at radius 3 is 2.93 bits per heavy atom. The molecule has 27 heavy (non-hydrogen) atoms. The average Bonchev–Trinajstić information content (AvgIpc) is 3.04. The van der Waals surface area contributed by atoms with E-state index in [1.165, 1.54) is 11.3 Å². The molecule has 0 spiro atoms. The van der Waals surface area contributed by atoms with Crippen molar-refractivity contribution in [1.82, 2.24) is 14.9 Å². The van der Waals surface area contributed by atoms with E-state index < -0.39 is 5.92 Å². The molecule has 0 radical (unpaired) electrons. The second-order valence-electron chi connectivity index (χ2n) is 6.73. The third-order valence-electron chi connectivity index (χ3n) is 4.57. The smallest absolute Gasteiger partial charge is 0.260 e. The van der Waals surface area contributed by atoms with Crippen LogP contribution in [0.4, 0.5) is 14.6 Å². The Bertz CT molecular complexity index is 1040. The molecule has 1 saturated heterocycles. The van der Waals surface area contributed by atoms with E-state index in [4.69, 9.17) is 11.0 Å². The average molecular weight is 385 g/mol. The van der Waals surface area contributed by atoms with E-state index in [2.05, 4.69) is 16.0 Å². The van der Waals surface area contributed by atoms with Gasteiger partial charge in [0.25, 0.3) is 5.92 Å². The van der Waals surface area contributed by atoms with Crippen LogP contribution in [0, 0.1) is 11.3 Å². The largest absolute Gasteiger partial charge is 0.383 e. The van der Waals surface area contributed by atoms with Gasteiger partial charge in [-0.25, -0.2) is 18.7 Å². The van der Waals surface area contributed by atoms with Crippen LogP contribution in [0.25, 0.3) is 21.6 Å². The number of fused-ring (bicyclic) bond motifs is 1. The van der Waals surface area contributed by atoms with Crippen molar-refractivity contribution in [1.29, 1.82) is 5.26 Å². The second-order valence-corrected chi connectivity index (χ2v) is 7.84. The minimum atomic E-state index is -2.62. The lowest BCUT2D eigenvalue weighted by Crippen LogP contribution is -2.41. The van der Waals surface area contributed by atoms with Crippen LogP contribution in [-0.4, -0.2) is 33.9 Å². The minimum absolute atomic E-state index is 0.0422. The quantitative estimate of drug-likeness (QED) is 0.736. The van der Waals surface area contributed by atoms with Crippen molar-refractivity contribution in [3.63, 3.8) is 0 Å². The standard InChI is InChI=1S/C19H17F2N5S/c20-19(21)5-2-6-26(11-19)10-14-8-15-16(23)24-17(25-18(15)27-14)13-4-1-3-12(7-13)9-22/h1,3-4,7-8H,2,5-6,10-11H2,(H2,23,24,25). The van der Waals surface area contributed by atoms with Crippen molar-refractivity contribution in [3.8, 4) is 17.5 Å². The summed E-state index contributed by atoms with van der Waals surface area (Å²) in [5.74, 6) is -1.81. The summed E-state index contributed by atoms with van der Waals surface area (Å²) in [6.45, 7) is 0.904. The molecule has 1 aromatic carbocycles. The van der Waals surface area contributed by atoms with Gasteiger partial charge in [-0.3, -0.25) is 4.90 Å². The molecular formula is C19H17F2N5S. The molecule has 1 aliphatic heterocycles. The Balaban J connectivity index is 1.64. The van der Waals surface area contributed by atoms with Crippen LogP contribution in [0.3, 0.4) is 0 Å². The molecule has 0 bridgehead atoms. The van der Waals surface area contributed by atoms with Gasteiger partial charge in [-0.1, -0.05) is 12.1 Å². The fourth-order valence-corrected chi connectivity index (χ4v) is 4.41. The van der Waals surface area contributed by atoms with Crippen LogP contribution in [0.15, 0.2) is 30.3 Å². The first-order valence-corrected chi connectivity index (χ1v) is 9.42. The molecular weight excluding hydrogens is 368 g/mol. The summed E-state index contributed by atoms with van der Waals surface area (Å²) >= 11 is 1.44. The highest BCUT2D eigenvalue weighted by Gasteiger charge is 2.35. The molecule has 0 unspecified atom stereocenters. The Kier molecular flexibility index (Phi) is 4.50. The Hall–Kier alpha value is -2.63. The fraction of sp³-hybridized carbons (Fsp3) is 0.316. The first-order chi connectivity index (χ1) is 12.9. The summed E-state index contributed by atoms with van der Waals surface area (Å²) in [5, 5.41) is 9.79. The van der Waals surface area contributed by atoms with Gasteiger partial charge in [0.05, 0.1) is 23.6 Å². The van der Waals surface area contributed by atoms with E-state index in [1.54, 1.807) is 23.1 Å². The first-order valence-electron chi connectivity index (χ1n) is 8.60. The van der Waals surface area contributed by atoms with Gasteiger partial charge in [-0.2, -0.15) is 5.26 Å². The van der Waals surface area contributed by atoms with E-state index in [1.807, 2.05) is 12.1 Å². The van der Waals surface area contributed by atoms with E-state index in [-0.39, 0.29) is 13.0 Å². The highest BCUT2D eigenvalue weighted by atomic mass is 32.1. The van der Waals surface area contributed by atoms with Gasteiger partial charge < -0.3 is 5.73 Å². The molecule has 0 amide bonds. The molecule has 8 heteroatoms. The lowest BCUT2D eigenvalue weighted by molar-refractivity contribution is -0.0658. The van der Waals surface area contributed by atoms with Crippen molar-refractivity contribution in [2.75, 3.05) is 18.8 Å². The van der Waals surface area contributed by atoms with Crippen molar-refractivity contribution in [2.24, 2.45) is 0 Å². The van der Waals surface area contributed by atoms with Crippen LogP contribution in [0.2, 0.25) is 0 Å². The molecule has 3 aromatic rings. The van der Waals surface area contributed by atoms with E-state index >= 15 is 0 Å². The summed E-state index contributed by atoms with van der Waals surface area (Å²) in [6, 6.07) is 11.0. The van der Waals surface area contributed by atoms with E-state index in [0.717, 1.165) is 15.1 Å². The third kappa shape index (κ3) is 3.75. The predicted molar refractivity (Wildman–Crippen MR) is 101 cm³/mol. The summed E-state index contributed by atoms with van der Waals surface area (Å²) in [4.78, 5) is 12.4. The van der Waals surface area contributed by atoms with Gasteiger partial charge in [0, 0.05) is 23.4 Å². The zero-order valence-corrected chi connectivity index (χ0v) is 15.3. The number of rotatable bonds is 3. The highest BCUT2D eigenvalue weighted by Crippen LogP contribution is 2.33. The molecule has 5 nitrogen and oxygen atoms in total. The molecule has 2 aromatic heterocycles. The second kappa shape index (κ2) is 6.83. The normalized spacial score (nSPS) is 17.1. The monoisotopic (exact) mass is 385 g/mol. The molecule has 138 valence electrons. The fourth-order valence-electron chi connectivity index (χ4n) is 3.33. The van der Waals surface area contributed by atoms with Gasteiger partial charge in [0.1, 0.15) is 10.6 Å². The molecule has 3 heterocycles. The number of thiophene rings is 1. The number of benzene rings is 1. The molecule has 4 rings (SSSR count). The number of aromatic nitrogens is 2. The van der Waals surface area contributed by atoms with Crippen LogP contribution < -0.4 is 5.73 Å². The SMILES string of the molecule is N#Cc1cccc(-c2nc(N)c3cc(CN4CCCC(F)(F)C4)sc3n2)c1. The molecule has 0 saturated carbocycles. The Labute approximate surface area is 159 Å². The predicted octanol–water partition coefficient (Wildman–Crippen LogP) is 4.04. The third-order valence-corrected chi connectivity index (χ3v) is 5.59. The van der Waals surface area contributed by atoms with E-state index in [0.29, 0.717) is 42.3 Å². The number of nitrogens with zero attached hydrogens (tertiary/aromatic N) is 4. The number of nitrogens with two attached hydrogens (primary N) is 1. The van der Waals surface area contributed by atoms with Gasteiger partial charge in [-0.15, -0.1) is 11.3 Å². The Morgan fingerprint density at radius 2 is 2.15 bits per heavy atom. The van der Waals surface area contributed by atoms with Gasteiger partial charge in [0.2, 0.25) is 0 Å². The zero-order valence-electron chi connectivity index (χ0n) is 14.5. The van der Waals surface area contributed by atoms with Gasteiger partial charge in [-0.05, 0) is 31.2 Å². The number of nitriles is 1. The van der Waals surface area contributed by atoms with Crippen molar-refractivity contribution >= 4 is 27.4 Å². The summed E-state index contributed by atoms with van der Waals surface area (Å²) < 4.78 is 27.2. The lowest BCUT2D eigenvalue weighted by Gasteiger charge is -2.31. The Morgan fingerprint density at radius 1 is 1.30 bits per heavy atom. The number of alkyl halides is 2. The van der Waals surface area contributed by atoms with Crippen LogP contribution in [0.5, 0.6) is 0 Å². The topological polar surface area (TPSA) is 78.8 Å². The zero-order chi connectivity index (χ0) is 19.0. The van der Waals surface area contributed by atoms with Crippen molar-refractivity contribution in [2.45, 2.75) is 25.3 Å². The van der Waals surface area contributed by atoms with Crippen molar-refractivity contribution in [3.05, 3.63) is 40.8 Å². The molecule has 1 fully saturated rings. The van der Waals surface area contributed by atoms with Crippen LogP contribution in [0.1, 0.15) is 23.3 Å². The minimum Gasteiger partial charge on any atom is -0.383 e. The highest BCUT2D eigenvalue weighted by molar-refractivity contribution is 7.18. The van der Waals surface area contributed by atoms with E-state index in [9.17, 15) is 8.78 Å². The molecule has 0 atom stereocenters. The number of likely N-dealkylation sites (tertiary alicyclic amines) is 1. The molecule has 0 aliphatic carbocycles. The first kappa shape index (κ1) is 17.8. The van der Waals surface area contributed by atoms with Gasteiger partial charge in [0.15, 0.2) is 5.82 Å². The van der Waals surface area contributed by atoms with Crippen LogP contribution >= 0.6 is 11.3 Å². The number of hydrogen-bond acceptors (Lipinski definition) is 6. The number of piperidine rings is 1. The maximum Gasteiger partial charge on any atom is 0.260 e. The lowest BCUT2D eigenvalue weighted by atomic mass is 10.1. The van der Waals surface area contributed by atoms with Crippen molar-refractivity contribution < 1.29 is 8.78 Å². The maximum atomic E-state index is 13.6. The summed E-state index contributed by atoms with van der Waals surface area (Å²) in [5.41, 5.74) is 7.35. The maximum absolute atomic E-state index is 13.6. The van der Waals surface area contributed by atoms with Crippen LogP contribution in [-0.2, 0) is 6.54 Å². The number of anilines is 1. The molecule has 1 aliphatic rings. The summed E-state index contributed by atoms with van der Waals surface area (Å²) in [7, 11) is 0.